The van der Waals surface area contributed by atoms with Crippen molar-refractivity contribution < 1.29 is 17.9 Å². The number of sulfone groups is 1. The van der Waals surface area contributed by atoms with Crippen LogP contribution < -0.4 is 4.74 Å². The number of hydrogen-bond donors (Lipinski definition) is 0. The lowest BCUT2D eigenvalue weighted by Crippen LogP contribution is -2.43. The summed E-state index contributed by atoms with van der Waals surface area (Å²) in [5, 5.41) is -0.450. The van der Waals surface area contributed by atoms with Crippen LogP contribution in [-0.4, -0.2) is 44.7 Å². The summed E-state index contributed by atoms with van der Waals surface area (Å²) in [6.45, 7) is 2.96. The van der Waals surface area contributed by atoms with Gasteiger partial charge in [0.15, 0.2) is 9.84 Å². The molecule has 1 saturated heterocycles. The van der Waals surface area contributed by atoms with Gasteiger partial charge in [0.05, 0.1) is 23.7 Å². The Kier molecular flexibility index (Phi) is 5.85. The van der Waals surface area contributed by atoms with E-state index in [2.05, 4.69) is 0 Å². The third-order valence-corrected chi connectivity index (χ3v) is 7.34. The van der Waals surface area contributed by atoms with Crippen LogP contribution in [0, 0.1) is 6.92 Å². The molecule has 0 bridgehead atoms. The fraction of sp³-hybridized carbons (Fsp3) is 0.381. The molecule has 1 amide bonds. The van der Waals surface area contributed by atoms with E-state index in [0.717, 1.165) is 11.1 Å². The molecule has 0 spiro atoms. The molecule has 2 aromatic carbocycles. The Morgan fingerprint density at radius 1 is 1.11 bits per heavy atom. The van der Waals surface area contributed by atoms with Gasteiger partial charge in [-0.2, -0.15) is 0 Å². The van der Waals surface area contributed by atoms with Crippen LogP contribution in [0.1, 0.15) is 24.0 Å². The SMILES string of the molecule is COc1ccc(S(=O)(=O)C2CCN(C(=O)Cc3cccc(C)c3)CC2)cc1. The average molecular weight is 388 g/mol. The number of nitrogens with zero attached hydrogens (tertiary/aromatic N) is 1. The van der Waals surface area contributed by atoms with E-state index in [1.165, 1.54) is 0 Å². The number of amides is 1. The van der Waals surface area contributed by atoms with E-state index in [4.69, 9.17) is 4.74 Å². The number of carbonyl (C=O) groups excluding carboxylic acids is 1. The van der Waals surface area contributed by atoms with Crippen LogP contribution in [0.2, 0.25) is 0 Å². The summed E-state index contributed by atoms with van der Waals surface area (Å²) in [7, 11) is -1.85. The Bertz CT molecular complexity index is 898. The second-order valence-corrected chi connectivity index (χ2v) is 9.19. The first-order valence-corrected chi connectivity index (χ1v) is 10.7. The number of piperidine rings is 1. The van der Waals surface area contributed by atoms with Gasteiger partial charge in [-0.05, 0) is 49.6 Å². The van der Waals surface area contributed by atoms with Crippen LogP contribution in [0.25, 0.3) is 0 Å². The molecule has 0 N–H and O–H groups in total. The number of benzene rings is 2. The number of ether oxygens (including phenoxy) is 1. The highest BCUT2D eigenvalue weighted by Gasteiger charge is 2.32. The number of aryl methyl sites for hydroxylation is 1. The predicted octanol–water partition coefficient (Wildman–Crippen LogP) is 3.01. The molecule has 1 heterocycles. The minimum absolute atomic E-state index is 0.0564. The van der Waals surface area contributed by atoms with Crippen molar-refractivity contribution in [1.82, 2.24) is 4.90 Å². The molecule has 2 aromatic rings. The molecule has 3 rings (SSSR count). The normalized spacial score (nSPS) is 15.6. The molecule has 144 valence electrons. The number of hydrogen-bond acceptors (Lipinski definition) is 4. The van der Waals surface area contributed by atoms with Gasteiger partial charge in [0.1, 0.15) is 5.75 Å². The van der Waals surface area contributed by atoms with Crippen LogP contribution in [0.4, 0.5) is 0 Å². The van der Waals surface area contributed by atoms with Crippen molar-refractivity contribution in [3.05, 3.63) is 59.7 Å². The standard InChI is InChI=1S/C21H25NO4S/c1-16-4-3-5-17(14-16)15-21(23)22-12-10-20(11-13-22)27(24,25)19-8-6-18(26-2)7-9-19/h3-9,14,20H,10-13,15H2,1-2H3. The summed E-state index contributed by atoms with van der Waals surface area (Å²) in [5.74, 6) is 0.686. The van der Waals surface area contributed by atoms with Crippen LogP contribution >= 0.6 is 0 Å². The van der Waals surface area contributed by atoms with E-state index in [1.807, 2.05) is 31.2 Å². The fourth-order valence-electron chi connectivity index (χ4n) is 3.48. The molecule has 5 nitrogen and oxygen atoms in total. The Morgan fingerprint density at radius 3 is 2.37 bits per heavy atom. The zero-order valence-corrected chi connectivity index (χ0v) is 16.5. The lowest BCUT2D eigenvalue weighted by molar-refractivity contribution is -0.131. The van der Waals surface area contributed by atoms with Gasteiger partial charge >= 0.3 is 0 Å². The minimum atomic E-state index is -3.39. The van der Waals surface area contributed by atoms with Crippen molar-refractivity contribution in [2.24, 2.45) is 0 Å². The lowest BCUT2D eigenvalue weighted by atomic mass is 10.1. The third-order valence-electron chi connectivity index (χ3n) is 5.06. The lowest BCUT2D eigenvalue weighted by Gasteiger charge is -2.32. The van der Waals surface area contributed by atoms with Crippen molar-refractivity contribution >= 4 is 15.7 Å². The van der Waals surface area contributed by atoms with Crippen LogP contribution in [0.15, 0.2) is 53.4 Å². The van der Waals surface area contributed by atoms with Crippen molar-refractivity contribution in [3.8, 4) is 5.75 Å². The number of rotatable bonds is 5. The van der Waals surface area contributed by atoms with Gasteiger partial charge in [0.2, 0.25) is 5.91 Å². The number of carbonyl (C=O) groups is 1. The zero-order valence-electron chi connectivity index (χ0n) is 15.7. The molecule has 1 aliphatic heterocycles. The highest BCUT2D eigenvalue weighted by atomic mass is 32.2. The first-order chi connectivity index (χ1) is 12.9. The summed E-state index contributed by atoms with van der Waals surface area (Å²) < 4.78 is 30.8. The summed E-state index contributed by atoms with van der Waals surface area (Å²) in [4.78, 5) is 14.6. The van der Waals surface area contributed by atoms with Gasteiger partial charge in [0.25, 0.3) is 0 Å². The fourth-order valence-corrected chi connectivity index (χ4v) is 5.21. The average Bonchev–Trinajstić information content (AvgIpc) is 2.68. The van der Waals surface area contributed by atoms with Crippen LogP contribution in [0.5, 0.6) is 5.75 Å². The topological polar surface area (TPSA) is 63.7 Å². The van der Waals surface area contributed by atoms with Gasteiger partial charge in [-0.3, -0.25) is 4.79 Å². The summed E-state index contributed by atoms with van der Waals surface area (Å²) in [5.41, 5.74) is 2.12. The Morgan fingerprint density at radius 2 is 1.78 bits per heavy atom. The second kappa shape index (κ2) is 8.13. The van der Waals surface area contributed by atoms with Crippen molar-refractivity contribution in [3.63, 3.8) is 0 Å². The van der Waals surface area contributed by atoms with E-state index < -0.39 is 15.1 Å². The van der Waals surface area contributed by atoms with Crippen LogP contribution in [0.3, 0.4) is 0 Å². The van der Waals surface area contributed by atoms with Crippen molar-refractivity contribution in [2.45, 2.75) is 36.3 Å². The summed E-state index contributed by atoms with van der Waals surface area (Å²) in [6, 6.07) is 14.4. The molecule has 0 radical (unpaired) electrons. The highest BCUT2D eigenvalue weighted by molar-refractivity contribution is 7.92. The molecule has 0 atom stereocenters. The van der Waals surface area contributed by atoms with E-state index >= 15 is 0 Å². The molecular formula is C21H25NO4S. The Labute approximate surface area is 160 Å². The predicted molar refractivity (Wildman–Crippen MR) is 105 cm³/mol. The van der Waals surface area contributed by atoms with Gasteiger partial charge in [-0.1, -0.05) is 29.8 Å². The molecule has 1 fully saturated rings. The van der Waals surface area contributed by atoms with Gasteiger partial charge in [0, 0.05) is 13.1 Å². The Hall–Kier alpha value is -2.34. The molecule has 0 aliphatic carbocycles. The van der Waals surface area contributed by atoms with E-state index in [1.54, 1.807) is 36.3 Å². The number of methoxy groups -OCH3 is 1. The smallest absolute Gasteiger partial charge is 0.226 e. The molecule has 1 aliphatic rings. The molecule has 27 heavy (non-hydrogen) atoms. The van der Waals surface area contributed by atoms with E-state index in [0.29, 0.717) is 43.0 Å². The molecule has 0 unspecified atom stereocenters. The first-order valence-electron chi connectivity index (χ1n) is 9.11. The summed E-state index contributed by atoms with van der Waals surface area (Å²) in [6.07, 6.45) is 1.29. The maximum atomic E-state index is 12.8. The summed E-state index contributed by atoms with van der Waals surface area (Å²) >= 11 is 0. The quantitative estimate of drug-likeness (QED) is 0.791. The van der Waals surface area contributed by atoms with Crippen molar-refractivity contribution in [2.75, 3.05) is 20.2 Å². The maximum Gasteiger partial charge on any atom is 0.226 e. The minimum Gasteiger partial charge on any atom is -0.497 e. The monoisotopic (exact) mass is 387 g/mol. The largest absolute Gasteiger partial charge is 0.497 e. The van der Waals surface area contributed by atoms with Crippen molar-refractivity contribution in [1.29, 1.82) is 0 Å². The molecule has 0 saturated carbocycles. The van der Waals surface area contributed by atoms with E-state index in [9.17, 15) is 13.2 Å². The first kappa shape index (κ1) is 19.4. The Balaban J connectivity index is 1.61. The van der Waals surface area contributed by atoms with E-state index in [-0.39, 0.29) is 5.91 Å². The number of likely N-dealkylation sites (tertiary alicyclic amines) is 1. The van der Waals surface area contributed by atoms with Crippen LogP contribution in [-0.2, 0) is 21.1 Å². The molecule has 0 aromatic heterocycles. The van der Waals surface area contributed by atoms with Gasteiger partial charge in [-0.15, -0.1) is 0 Å². The third kappa shape index (κ3) is 4.50. The van der Waals surface area contributed by atoms with Gasteiger partial charge in [-0.25, -0.2) is 8.42 Å². The zero-order chi connectivity index (χ0) is 19.4. The highest BCUT2D eigenvalue weighted by Crippen LogP contribution is 2.26. The molecular weight excluding hydrogens is 362 g/mol. The second-order valence-electron chi connectivity index (χ2n) is 6.97. The maximum absolute atomic E-state index is 12.8. The van der Waals surface area contributed by atoms with Gasteiger partial charge < -0.3 is 9.64 Å². The molecule has 6 heteroatoms.